The van der Waals surface area contributed by atoms with Crippen LogP contribution in [0, 0.1) is 0 Å². The average Bonchev–Trinajstić information content (AvgIpc) is 1.99. The van der Waals surface area contributed by atoms with Gasteiger partial charge in [0.1, 0.15) is 5.15 Å². The van der Waals surface area contributed by atoms with Gasteiger partial charge in [0.05, 0.1) is 5.69 Å². The molecule has 0 amide bonds. The molecule has 84 valence electrons. The summed E-state index contributed by atoms with van der Waals surface area (Å²) in [6.07, 6.45) is 1.43. The second kappa shape index (κ2) is 4.78. The minimum absolute atomic E-state index is 0.167. The first-order chi connectivity index (χ1) is 6.89. The SMILES string of the molecule is CC(C)NS(=O)(=O)Nc1ccnc(Cl)c1. The van der Waals surface area contributed by atoms with Gasteiger partial charge in [-0.25, -0.2) is 4.98 Å². The predicted molar refractivity (Wildman–Crippen MR) is 60.1 cm³/mol. The topological polar surface area (TPSA) is 71.1 Å². The molecule has 1 aromatic heterocycles. The smallest absolute Gasteiger partial charge is 0.271 e. The first-order valence-electron chi connectivity index (χ1n) is 4.31. The van der Waals surface area contributed by atoms with E-state index in [-0.39, 0.29) is 11.2 Å². The summed E-state index contributed by atoms with van der Waals surface area (Å²) in [5, 5.41) is 0.236. The minimum Gasteiger partial charge on any atom is -0.271 e. The molecule has 2 N–H and O–H groups in total. The van der Waals surface area contributed by atoms with Crippen molar-refractivity contribution in [3.63, 3.8) is 0 Å². The highest BCUT2D eigenvalue weighted by molar-refractivity contribution is 7.90. The minimum atomic E-state index is -3.54. The van der Waals surface area contributed by atoms with Gasteiger partial charge < -0.3 is 0 Å². The number of pyridine rings is 1. The average molecular weight is 250 g/mol. The molecule has 0 saturated heterocycles. The van der Waals surface area contributed by atoms with Gasteiger partial charge >= 0.3 is 0 Å². The van der Waals surface area contributed by atoms with Crippen molar-refractivity contribution in [2.75, 3.05) is 4.72 Å². The normalized spacial score (nSPS) is 11.7. The van der Waals surface area contributed by atoms with Crippen molar-refractivity contribution >= 4 is 27.5 Å². The van der Waals surface area contributed by atoms with Crippen LogP contribution in [0.2, 0.25) is 5.15 Å². The van der Waals surface area contributed by atoms with Gasteiger partial charge in [-0.2, -0.15) is 13.1 Å². The zero-order valence-electron chi connectivity index (χ0n) is 8.36. The molecule has 1 aromatic rings. The quantitative estimate of drug-likeness (QED) is 0.793. The summed E-state index contributed by atoms with van der Waals surface area (Å²) >= 11 is 5.61. The maximum Gasteiger partial charge on any atom is 0.299 e. The van der Waals surface area contributed by atoms with E-state index in [0.717, 1.165) is 0 Å². The molecule has 0 saturated carbocycles. The number of hydrogen-bond acceptors (Lipinski definition) is 3. The molecule has 0 unspecified atom stereocenters. The molecule has 0 spiro atoms. The lowest BCUT2D eigenvalue weighted by Crippen LogP contribution is -2.35. The Morgan fingerprint density at radius 1 is 1.47 bits per heavy atom. The maximum atomic E-state index is 11.4. The molecule has 0 atom stereocenters. The molecule has 0 radical (unpaired) electrons. The zero-order chi connectivity index (χ0) is 11.5. The van der Waals surface area contributed by atoms with Crippen molar-refractivity contribution in [2.24, 2.45) is 0 Å². The van der Waals surface area contributed by atoms with Crippen molar-refractivity contribution in [3.05, 3.63) is 23.5 Å². The number of aromatic nitrogens is 1. The van der Waals surface area contributed by atoms with E-state index in [1.807, 2.05) is 0 Å². The van der Waals surface area contributed by atoms with Gasteiger partial charge in [0, 0.05) is 12.2 Å². The highest BCUT2D eigenvalue weighted by Gasteiger charge is 2.11. The fraction of sp³-hybridized carbons (Fsp3) is 0.375. The van der Waals surface area contributed by atoms with Crippen LogP contribution < -0.4 is 9.44 Å². The number of nitrogens with zero attached hydrogens (tertiary/aromatic N) is 1. The molecule has 0 bridgehead atoms. The maximum absolute atomic E-state index is 11.4. The summed E-state index contributed by atoms with van der Waals surface area (Å²) in [6.45, 7) is 3.47. The van der Waals surface area contributed by atoms with Gasteiger partial charge in [-0.1, -0.05) is 11.6 Å². The number of anilines is 1. The fourth-order valence-corrected chi connectivity index (χ4v) is 2.25. The Balaban J connectivity index is 2.78. The van der Waals surface area contributed by atoms with Crippen molar-refractivity contribution in [2.45, 2.75) is 19.9 Å². The Morgan fingerprint density at radius 2 is 2.13 bits per heavy atom. The number of nitrogens with one attached hydrogen (secondary N) is 2. The van der Waals surface area contributed by atoms with Crippen LogP contribution >= 0.6 is 11.6 Å². The van der Waals surface area contributed by atoms with E-state index >= 15 is 0 Å². The van der Waals surface area contributed by atoms with Crippen molar-refractivity contribution in [3.8, 4) is 0 Å². The van der Waals surface area contributed by atoms with Crippen LogP contribution in [-0.2, 0) is 10.2 Å². The van der Waals surface area contributed by atoms with Gasteiger partial charge in [-0.15, -0.1) is 0 Å². The first kappa shape index (κ1) is 12.2. The lowest BCUT2D eigenvalue weighted by atomic mass is 10.4. The van der Waals surface area contributed by atoms with Gasteiger partial charge in [-0.05, 0) is 26.0 Å². The van der Waals surface area contributed by atoms with Crippen LogP contribution in [0.15, 0.2) is 18.3 Å². The van der Waals surface area contributed by atoms with Gasteiger partial charge in [0.15, 0.2) is 0 Å². The largest absolute Gasteiger partial charge is 0.299 e. The predicted octanol–water partition coefficient (Wildman–Crippen LogP) is 1.39. The second-order valence-electron chi connectivity index (χ2n) is 3.25. The van der Waals surface area contributed by atoms with E-state index in [1.165, 1.54) is 18.3 Å². The van der Waals surface area contributed by atoms with Gasteiger partial charge in [-0.3, -0.25) is 4.72 Å². The second-order valence-corrected chi connectivity index (χ2v) is 5.08. The molecular weight excluding hydrogens is 238 g/mol. The Kier molecular flexibility index (Phi) is 3.90. The number of halogens is 1. The van der Waals surface area contributed by atoms with Crippen LogP contribution in [0.5, 0.6) is 0 Å². The van der Waals surface area contributed by atoms with Crippen LogP contribution in [0.4, 0.5) is 5.69 Å². The van der Waals surface area contributed by atoms with Crippen LogP contribution in [0.25, 0.3) is 0 Å². The van der Waals surface area contributed by atoms with E-state index < -0.39 is 10.2 Å². The molecule has 15 heavy (non-hydrogen) atoms. The molecule has 5 nitrogen and oxygen atoms in total. The molecule has 0 aliphatic heterocycles. The van der Waals surface area contributed by atoms with E-state index in [2.05, 4.69) is 14.4 Å². The molecule has 1 rings (SSSR count). The first-order valence-corrected chi connectivity index (χ1v) is 6.17. The lowest BCUT2D eigenvalue weighted by Gasteiger charge is -2.11. The molecule has 0 fully saturated rings. The standard InChI is InChI=1S/C8H12ClN3O2S/c1-6(2)11-15(13,14)12-7-3-4-10-8(9)5-7/h3-6,11H,1-2H3,(H,10,12). The Hall–Kier alpha value is -0.850. The van der Waals surface area contributed by atoms with Crippen molar-refractivity contribution in [1.29, 1.82) is 0 Å². The highest BCUT2D eigenvalue weighted by atomic mass is 35.5. The van der Waals surface area contributed by atoms with E-state index in [4.69, 9.17) is 11.6 Å². The zero-order valence-corrected chi connectivity index (χ0v) is 9.93. The summed E-state index contributed by atoms with van der Waals surface area (Å²) in [7, 11) is -3.54. The summed E-state index contributed by atoms with van der Waals surface area (Å²) in [5.74, 6) is 0. The molecular formula is C8H12ClN3O2S. The Bertz CT molecular complexity index is 433. The highest BCUT2D eigenvalue weighted by Crippen LogP contribution is 2.12. The lowest BCUT2D eigenvalue weighted by molar-refractivity contribution is 0.575. The third-order valence-electron chi connectivity index (χ3n) is 1.37. The fourth-order valence-electron chi connectivity index (χ4n) is 0.961. The van der Waals surface area contributed by atoms with E-state index in [9.17, 15) is 8.42 Å². The van der Waals surface area contributed by atoms with E-state index in [0.29, 0.717) is 5.69 Å². The van der Waals surface area contributed by atoms with Gasteiger partial charge in [0.25, 0.3) is 10.2 Å². The van der Waals surface area contributed by atoms with Crippen molar-refractivity contribution < 1.29 is 8.42 Å². The molecule has 1 heterocycles. The van der Waals surface area contributed by atoms with Crippen LogP contribution in [0.3, 0.4) is 0 Å². The Morgan fingerprint density at radius 3 is 2.67 bits per heavy atom. The molecule has 0 aliphatic carbocycles. The summed E-state index contributed by atoms with van der Waals surface area (Å²) in [5.41, 5.74) is 0.378. The monoisotopic (exact) mass is 249 g/mol. The molecule has 0 aliphatic rings. The van der Waals surface area contributed by atoms with Crippen molar-refractivity contribution in [1.82, 2.24) is 9.71 Å². The third kappa shape index (κ3) is 4.46. The molecule has 0 aromatic carbocycles. The number of rotatable bonds is 4. The van der Waals surface area contributed by atoms with Gasteiger partial charge in [0.2, 0.25) is 0 Å². The third-order valence-corrected chi connectivity index (χ3v) is 2.86. The summed E-state index contributed by atoms with van der Waals surface area (Å²) < 4.78 is 27.6. The number of hydrogen-bond donors (Lipinski definition) is 2. The summed E-state index contributed by atoms with van der Waals surface area (Å²) in [6, 6.07) is 2.78. The van der Waals surface area contributed by atoms with Crippen LogP contribution in [-0.4, -0.2) is 19.4 Å². The summed E-state index contributed by atoms with van der Waals surface area (Å²) in [4.78, 5) is 3.74. The molecule has 7 heteroatoms. The van der Waals surface area contributed by atoms with E-state index in [1.54, 1.807) is 13.8 Å². The van der Waals surface area contributed by atoms with Crippen LogP contribution in [0.1, 0.15) is 13.8 Å². The Labute approximate surface area is 94.0 Å².